The summed E-state index contributed by atoms with van der Waals surface area (Å²) < 4.78 is 26.5. The topological polar surface area (TPSA) is 130 Å². The summed E-state index contributed by atoms with van der Waals surface area (Å²) in [5.41, 5.74) is 2.94. The van der Waals surface area contributed by atoms with Crippen LogP contribution in [0.25, 0.3) is 0 Å². The van der Waals surface area contributed by atoms with E-state index in [9.17, 15) is 18.0 Å². The van der Waals surface area contributed by atoms with Crippen LogP contribution in [0.2, 0.25) is 0 Å². The van der Waals surface area contributed by atoms with Crippen molar-refractivity contribution in [3.05, 3.63) is 24.3 Å². The van der Waals surface area contributed by atoms with Gasteiger partial charge in [0.2, 0.25) is 21.8 Å². The third-order valence-corrected chi connectivity index (χ3v) is 4.36. The Hall–Kier alpha value is -1.97. The third-order valence-electron chi connectivity index (χ3n) is 2.87. The second-order valence-electron chi connectivity index (χ2n) is 4.29. The van der Waals surface area contributed by atoms with E-state index in [1.807, 2.05) is 0 Å². The van der Waals surface area contributed by atoms with Gasteiger partial charge in [-0.1, -0.05) is 0 Å². The fourth-order valence-corrected chi connectivity index (χ4v) is 3.02. The van der Waals surface area contributed by atoms with Gasteiger partial charge in [-0.15, -0.1) is 0 Å². The van der Waals surface area contributed by atoms with Crippen molar-refractivity contribution >= 4 is 27.5 Å². The Bertz CT molecular complexity index is 626. The second-order valence-corrected chi connectivity index (χ2v) is 6.01. The molecule has 0 saturated carbocycles. The number of hydrogen-bond donors (Lipinski definition) is 4. The smallest absolute Gasteiger partial charge is 0.244 e. The van der Waals surface area contributed by atoms with Gasteiger partial charge >= 0.3 is 0 Å². The van der Waals surface area contributed by atoms with E-state index in [1.165, 1.54) is 24.3 Å². The van der Waals surface area contributed by atoms with Crippen LogP contribution in [0.5, 0.6) is 0 Å². The third kappa shape index (κ3) is 3.13. The summed E-state index contributed by atoms with van der Waals surface area (Å²) in [4.78, 5) is 22.5. The van der Waals surface area contributed by atoms with Crippen LogP contribution in [0.4, 0.5) is 5.69 Å². The first-order valence-electron chi connectivity index (χ1n) is 5.85. The van der Waals surface area contributed by atoms with E-state index in [2.05, 4.69) is 15.5 Å². The molecule has 2 amide bonds. The minimum atomic E-state index is -3.83. The van der Waals surface area contributed by atoms with Gasteiger partial charge in [-0.2, -0.15) is 4.72 Å². The van der Waals surface area contributed by atoms with Gasteiger partial charge in [0.25, 0.3) is 0 Å². The predicted molar refractivity (Wildman–Crippen MR) is 70.7 cm³/mol. The Morgan fingerprint density at radius 2 is 1.85 bits per heavy atom. The van der Waals surface area contributed by atoms with Crippen molar-refractivity contribution in [3.63, 3.8) is 0 Å². The number of sulfonamides is 1. The number of rotatable bonds is 4. The van der Waals surface area contributed by atoms with Gasteiger partial charge < -0.3 is 5.43 Å². The molecular formula is C11H14N4O4S. The van der Waals surface area contributed by atoms with Crippen LogP contribution >= 0.6 is 0 Å². The molecule has 5 N–H and O–H groups in total. The lowest BCUT2D eigenvalue weighted by atomic mass is 10.1. The number of piperidine rings is 1. The molecule has 1 atom stereocenters. The standard InChI is InChI=1S/C11H14N4O4S/c12-14-7-1-3-8(4-2-7)20(18,19)15-9-5-6-10(16)13-11(9)17/h1-4,9,14-15H,5-6,12H2,(H,13,16,17). The normalized spacial score (nSPS) is 19.6. The zero-order valence-corrected chi connectivity index (χ0v) is 11.2. The molecule has 1 aromatic carbocycles. The predicted octanol–water partition coefficient (Wildman–Crippen LogP) is -0.944. The summed E-state index contributed by atoms with van der Waals surface area (Å²) in [7, 11) is -3.83. The van der Waals surface area contributed by atoms with Gasteiger partial charge in [-0.25, -0.2) is 8.42 Å². The van der Waals surface area contributed by atoms with E-state index in [0.717, 1.165) is 0 Å². The first-order valence-corrected chi connectivity index (χ1v) is 7.33. The number of carbonyl (C=O) groups excluding carboxylic acids is 2. The molecule has 0 aromatic heterocycles. The van der Waals surface area contributed by atoms with Crippen LogP contribution in [-0.4, -0.2) is 26.3 Å². The van der Waals surface area contributed by atoms with E-state index in [0.29, 0.717) is 5.69 Å². The number of nitrogen functional groups attached to an aromatic ring is 1. The summed E-state index contributed by atoms with van der Waals surface area (Å²) in [5, 5.41) is 2.09. The first kappa shape index (κ1) is 14.4. The quantitative estimate of drug-likeness (QED) is 0.322. The number of amides is 2. The van der Waals surface area contributed by atoms with E-state index in [4.69, 9.17) is 5.84 Å². The maximum absolute atomic E-state index is 12.1. The van der Waals surface area contributed by atoms with Crippen LogP contribution in [0.3, 0.4) is 0 Å². The van der Waals surface area contributed by atoms with Crippen molar-refractivity contribution in [2.24, 2.45) is 5.84 Å². The minimum absolute atomic E-state index is 0.0150. The van der Waals surface area contributed by atoms with Crippen LogP contribution in [0.15, 0.2) is 29.2 Å². The van der Waals surface area contributed by atoms with Crippen molar-refractivity contribution in [1.82, 2.24) is 10.0 Å². The average Bonchev–Trinajstić information content (AvgIpc) is 2.42. The summed E-state index contributed by atoms with van der Waals surface area (Å²) >= 11 is 0. The Morgan fingerprint density at radius 3 is 2.40 bits per heavy atom. The van der Waals surface area contributed by atoms with Crippen LogP contribution in [0, 0.1) is 0 Å². The van der Waals surface area contributed by atoms with Crippen molar-refractivity contribution < 1.29 is 18.0 Å². The van der Waals surface area contributed by atoms with Crippen LogP contribution in [-0.2, 0) is 19.6 Å². The lowest BCUT2D eigenvalue weighted by molar-refractivity contribution is -0.134. The van der Waals surface area contributed by atoms with Crippen molar-refractivity contribution in [1.29, 1.82) is 0 Å². The zero-order valence-electron chi connectivity index (χ0n) is 10.4. The number of nitrogens with two attached hydrogens (primary N) is 1. The molecule has 1 aliphatic rings. The Balaban J connectivity index is 2.14. The first-order chi connectivity index (χ1) is 9.42. The number of carbonyl (C=O) groups is 2. The van der Waals surface area contributed by atoms with E-state index < -0.39 is 27.9 Å². The monoisotopic (exact) mass is 298 g/mol. The van der Waals surface area contributed by atoms with Crippen molar-refractivity contribution in [3.8, 4) is 0 Å². The fraction of sp³-hybridized carbons (Fsp3) is 0.273. The second kappa shape index (κ2) is 5.57. The molecule has 1 aromatic rings. The van der Waals surface area contributed by atoms with E-state index >= 15 is 0 Å². The van der Waals surface area contributed by atoms with Crippen LogP contribution in [0.1, 0.15) is 12.8 Å². The largest absolute Gasteiger partial charge is 0.324 e. The van der Waals surface area contributed by atoms with Gasteiger partial charge in [-0.3, -0.25) is 20.7 Å². The molecule has 2 rings (SSSR count). The molecule has 1 unspecified atom stereocenters. The molecule has 9 heteroatoms. The number of anilines is 1. The Kier molecular flexibility index (Phi) is 4.02. The van der Waals surface area contributed by atoms with E-state index in [1.54, 1.807) is 0 Å². The van der Waals surface area contributed by atoms with Crippen LogP contribution < -0.4 is 21.3 Å². The molecule has 0 radical (unpaired) electrons. The number of hydrazine groups is 1. The number of benzene rings is 1. The van der Waals surface area contributed by atoms with Gasteiger partial charge in [0.15, 0.2) is 0 Å². The highest BCUT2D eigenvalue weighted by molar-refractivity contribution is 7.89. The van der Waals surface area contributed by atoms with Gasteiger partial charge in [0.05, 0.1) is 4.90 Å². The number of hydrogen-bond acceptors (Lipinski definition) is 6. The highest BCUT2D eigenvalue weighted by atomic mass is 32.2. The SMILES string of the molecule is NNc1ccc(S(=O)(=O)NC2CCC(=O)NC2=O)cc1. The highest BCUT2D eigenvalue weighted by Gasteiger charge is 2.30. The maximum atomic E-state index is 12.1. The van der Waals surface area contributed by atoms with Gasteiger partial charge in [0.1, 0.15) is 6.04 Å². The maximum Gasteiger partial charge on any atom is 0.244 e. The van der Waals surface area contributed by atoms with Crippen molar-refractivity contribution in [2.75, 3.05) is 5.43 Å². The summed E-state index contributed by atoms with van der Waals surface area (Å²) in [6.07, 6.45) is 0.251. The molecule has 1 saturated heterocycles. The molecule has 1 aliphatic heterocycles. The van der Waals surface area contributed by atoms with Gasteiger partial charge in [0, 0.05) is 12.1 Å². The Labute approximate surface area is 115 Å². The van der Waals surface area contributed by atoms with Gasteiger partial charge in [-0.05, 0) is 30.7 Å². The summed E-state index contributed by atoms with van der Waals surface area (Å²) in [6, 6.07) is 4.79. The molecule has 20 heavy (non-hydrogen) atoms. The molecule has 1 heterocycles. The van der Waals surface area contributed by atoms with Crippen molar-refractivity contribution in [2.45, 2.75) is 23.8 Å². The highest BCUT2D eigenvalue weighted by Crippen LogP contribution is 2.15. The molecule has 1 fully saturated rings. The number of imide groups is 1. The Morgan fingerprint density at radius 1 is 1.20 bits per heavy atom. The summed E-state index contributed by atoms with van der Waals surface area (Å²) in [5.74, 6) is 4.16. The minimum Gasteiger partial charge on any atom is -0.324 e. The fourth-order valence-electron chi connectivity index (χ4n) is 1.79. The summed E-state index contributed by atoms with van der Waals surface area (Å²) in [6.45, 7) is 0. The molecular weight excluding hydrogens is 284 g/mol. The lowest BCUT2D eigenvalue weighted by Gasteiger charge is -2.21. The number of nitrogens with one attached hydrogen (secondary N) is 3. The molecule has 108 valence electrons. The molecule has 0 spiro atoms. The lowest BCUT2D eigenvalue weighted by Crippen LogP contribution is -2.52. The molecule has 0 aliphatic carbocycles. The molecule has 8 nitrogen and oxygen atoms in total. The van der Waals surface area contributed by atoms with E-state index in [-0.39, 0.29) is 17.7 Å². The molecule has 0 bridgehead atoms. The average molecular weight is 298 g/mol. The zero-order chi connectivity index (χ0) is 14.8.